The first-order valence-corrected chi connectivity index (χ1v) is 8.47. The first-order valence-electron chi connectivity index (χ1n) is 8.47. The van der Waals surface area contributed by atoms with Crippen molar-refractivity contribution in [2.75, 3.05) is 0 Å². The molecule has 0 aliphatic carbocycles. The number of para-hydroxylation sites is 1. The van der Waals surface area contributed by atoms with E-state index in [2.05, 4.69) is 5.32 Å². The standard InChI is InChI=1S/C21H22N2O2/c1-14(2)22-21(24)15(3)25-20-13-19(16-9-5-4-6-10-16)23-18-12-8-7-11-17(18)20/h4-15H,1-3H3,(H,22,24). The van der Waals surface area contributed by atoms with E-state index < -0.39 is 6.10 Å². The summed E-state index contributed by atoms with van der Waals surface area (Å²) in [7, 11) is 0. The van der Waals surface area contributed by atoms with E-state index >= 15 is 0 Å². The van der Waals surface area contributed by atoms with Gasteiger partial charge in [-0.1, -0.05) is 42.5 Å². The molecule has 3 rings (SSSR count). The van der Waals surface area contributed by atoms with E-state index in [0.717, 1.165) is 22.2 Å². The van der Waals surface area contributed by atoms with Crippen LogP contribution < -0.4 is 10.1 Å². The molecule has 0 bridgehead atoms. The number of hydrogen-bond donors (Lipinski definition) is 1. The Morgan fingerprint density at radius 3 is 2.40 bits per heavy atom. The number of aromatic nitrogens is 1. The molecule has 2 aromatic carbocycles. The van der Waals surface area contributed by atoms with Crippen LogP contribution in [0.15, 0.2) is 60.7 Å². The highest BCUT2D eigenvalue weighted by atomic mass is 16.5. The molecule has 0 saturated carbocycles. The predicted molar refractivity (Wildman–Crippen MR) is 101 cm³/mol. The van der Waals surface area contributed by atoms with E-state index in [0.29, 0.717) is 5.75 Å². The third-order valence-corrected chi connectivity index (χ3v) is 3.85. The van der Waals surface area contributed by atoms with Gasteiger partial charge in [0.25, 0.3) is 5.91 Å². The number of pyridine rings is 1. The van der Waals surface area contributed by atoms with Crippen molar-refractivity contribution in [2.45, 2.75) is 32.9 Å². The fraction of sp³-hybridized carbons (Fsp3) is 0.238. The predicted octanol–water partition coefficient (Wildman–Crippen LogP) is 4.19. The largest absolute Gasteiger partial charge is 0.480 e. The van der Waals surface area contributed by atoms with Crippen molar-refractivity contribution >= 4 is 16.8 Å². The summed E-state index contributed by atoms with van der Waals surface area (Å²) in [4.78, 5) is 16.9. The van der Waals surface area contributed by atoms with E-state index in [9.17, 15) is 4.79 Å². The lowest BCUT2D eigenvalue weighted by Crippen LogP contribution is -2.40. The molecule has 25 heavy (non-hydrogen) atoms. The highest BCUT2D eigenvalue weighted by molar-refractivity contribution is 5.89. The van der Waals surface area contributed by atoms with Gasteiger partial charge in [-0.05, 0) is 32.9 Å². The molecule has 0 aliphatic heterocycles. The molecule has 1 amide bonds. The lowest BCUT2D eigenvalue weighted by atomic mass is 10.1. The molecule has 1 N–H and O–H groups in total. The van der Waals surface area contributed by atoms with Crippen molar-refractivity contribution < 1.29 is 9.53 Å². The highest BCUT2D eigenvalue weighted by Gasteiger charge is 2.17. The summed E-state index contributed by atoms with van der Waals surface area (Å²) in [6, 6.07) is 19.7. The minimum absolute atomic E-state index is 0.0765. The molecular weight excluding hydrogens is 312 g/mol. The number of fused-ring (bicyclic) bond motifs is 1. The van der Waals surface area contributed by atoms with E-state index in [1.807, 2.05) is 74.5 Å². The van der Waals surface area contributed by atoms with Gasteiger partial charge in [-0.25, -0.2) is 4.98 Å². The summed E-state index contributed by atoms with van der Waals surface area (Å²) in [5, 5.41) is 3.77. The van der Waals surface area contributed by atoms with Crippen molar-refractivity contribution in [3.8, 4) is 17.0 Å². The Balaban J connectivity index is 2.00. The summed E-state index contributed by atoms with van der Waals surface area (Å²) < 4.78 is 6.00. The lowest BCUT2D eigenvalue weighted by molar-refractivity contribution is -0.127. The zero-order valence-electron chi connectivity index (χ0n) is 14.7. The van der Waals surface area contributed by atoms with Crippen molar-refractivity contribution in [3.05, 3.63) is 60.7 Å². The van der Waals surface area contributed by atoms with Gasteiger partial charge in [-0.15, -0.1) is 0 Å². The second-order valence-electron chi connectivity index (χ2n) is 6.31. The zero-order valence-corrected chi connectivity index (χ0v) is 14.7. The van der Waals surface area contributed by atoms with E-state index in [4.69, 9.17) is 9.72 Å². The van der Waals surface area contributed by atoms with Gasteiger partial charge in [-0.2, -0.15) is 0 Å². The van der Waals surface area contributed by atoms with Crippen LogP contribution in [0, 0.1) is 0 Å². The minimum Gasteiger partial charge on any atom is -0.480 e. The fourth-order valence-electron chi connectivity index (χ4n) is 2.64. The number of amides is 1. The third-order valence-electron chi connectivity index (χ3n) is 3.85. The molecule has 0 fully saturated rings. The number of carbonyl (C=O) groups excluding carboxylic acids is 1. The summed E-state index contributed by atoms with van der Waals surface area (Å²) in [5.74, 6) is 0.535. The molecule has 1 unspecified atom stereocenters. The monoisotopic (exact) mass is 334 g/mol. The van der Waals surface area contributed by atoms with Gasteiger partial charge in [0.05, 0.1) is 11.2 Å². The van der Waals surface area contributed by atoms with Crippen LogP contribution >= 0.6 is 0 Å². The lowest BCUT2D eigenvalue weighted by Gasteiger charge is -2.18. The molecule has 1 aromatic heterocycles. The van der Waals surface area contributed by atoms with E-state index in [-0.39, 0.29) is 11.9 Å². The van der Waals surface area contributed by atoms with Gasteiger partial charge in [0, 0.05) is 23.1 Å². The van der Waals surface area contributed by atoms with Crippen LogP contribution in [0.2, 0.25) is 0 Å². The van der Waals surface area contributed by atoms with Gasteiger partial charge in [0.15, 0.2) is 6.10 Å². The topological polar surface area (TPSA) is 51.2 Å². The third kappa shape index (κ3) is 3.97. The number of carbonyl (C=O) groups is 1. The quantitative estimate of drug-likeness (QED) is 0.761. The molecular formula is C21H22N2O2. The highest BCUT2D eigenvalue weighted by Crippen LogP contribution is 2.30. The molecule has 4 heteroatoms. The number of nitrogens with one attached hydrogen (secondary N) is 1. The van der Waals surface area contributed by atoms with Crippen LogP contribution in [0.3, 0.4) is 0 Å². The first-order chi connectivity index (χ1) is 12.0. The maximum Gasteiger partial charge on any atom is 0.260 e. The van der Waals surface area contributed by atoms with Crippen LogP contribution in [-0.4, -0.2) is 23.0 Å². The van der Waals surface area contributed by atoms with Gasteiger partial charge < -0.3 is 10.1 Å². The smallest absolute Gasteiger partial charge is 0.260 e. The van der Waals surface area contributed by atoms with Crippen molar-refractivity contribution in [2.24, 2.45) is 0 Å². The molecule has 1 heterocycles. The Hall–Kier alpha value is -2.88. The van der Waals surface area contributed by atoms with Crippen molar-refractivity contribution in [1.29, 1.82) is 0 Å². The normalized spacial score (nSPS) is 12.2. The van der Waals surface area contributed by atoms with Crippen LogP contribution in [0.25, 0.3) is 22.2 Å². The second kappa shape index (κ2) is 7.34. The number of benzene rings is 2. The molecule has 4 nitrogen and oxygen atoms in total. The average Bonchev–Trinajstić information content (AvgIpc) is 2.61. The van der Waals surface area contributed by atoms with E-state index in [1.54, 1.807) is 6.92 Å². The maximum absolute atomic E-state index is 12.2. The second-order valence-corrected chi connectivity index (χ2v) is 6.31. The summed E-state index contributed by atoms with van der Waals surface area (Å²) in [6.07, 6.45) is -0.586. The number of rotatable bonds is 5. The van der Waals surface area contributed by atoms with Crippen LogP contribution in [0.5, 0.6) is 5.75 Å². The molecule has 1 atom stereocenters. The van der Waals surface area contributed by atoms with Gasteiger partial charge in [0.2, 0.25) is 0 Å². The van der Waals surface area contributed by atoms with Crippen LogP contribution in [0.1, 0.15) is 20.8 Å². The Bertz CT molecular complexity index is 875. The van der Waals surface area contributed by atoms with Crippen molar-refractivity contribution in [3.63, 3.8) is 0 Å². The van der Waals surface area contributed by atoms with Crippen molar-refractivity contribution in [1.82, 2.24) is 10.3 Å². The van der Waals surface area contributed by atoms with E-state index in [1.165, 1.54) is 0 Å². The number of hydrogen-bond acceptors (Lipinski definition) is 3. The summed E-state index contributed by atoms with van der Waals surface area (Å²) in [6.45, 7) is 5.62. The van der Waals surface area contributed by atoms with Crippen LogP contribution in [-0.2, 0) is 4.79 Å². The first kappa shape index (κ1) is 17.0. The Morgan fingerprint density at radius 1 is 1.00 bits per heavy atom. The Morgan fingerprint density at radius 2 is 1.68 bits per heavy atom. The molecule has 0 radical (unpaired) electrons. The fourth-order valence-corrected chi connectivity index (χ4v) is 2.64. The summed E-state index contributed by atoms with van der Waals surface area (Å²) in [5.41, 5.74) is 2.68. The maximum atomic E-state index is 12.2. The number of nitrogens with zero attached hydrogens (tertiary/aromatic N) is 1. The van der Waals surface area contributed by atoms with Gasteiger partial charge in [0.1, 0.15) is 5.75 Å². The average molecular weight is 334 g/mol. The molecule has 0 saturated heterocycles. The zero-order chi connectivity index (χ0) is 17.8. The van der Waals surface area contributed by atoms with Crippen LogP contribution in [0.4, 0.5) is 0 Å². The molecule has 0 spiro atoms. The minimum atomic E-state index is -0.586. The molecule has 128 valence electrons. The summed E-state index contributed by atoms with van der Waals surface area (Å²) >= 11 is 0. The molecule has 0 aliphatic rings. The Labute approximate surface area is 147 Å². The SMILES string of the molecule is CC(C)NC(=O)C(C)Oc1cc(-c2ccccc2)nc2ccccc12. The van der Waals surface area contributed by atoms with Gasteiger partial charge in [-0.3, -0.25) is 4.79 Å². The van der Waals surface area contributed by atoms with Gasteiger partial charge >= 0.3 is 0 Å². The Kier molecular flexibility index (Phi) is 4.98. The number of ether oxygens (including phenoxy) is 1. The molecule has 3 aromatic rings.